The second-order valence-corrected chi connectivity index (χ2v) is 5.41. The highest BCUT2D eigenvalue weighted by Gasteiger charge is 2.33. The Balaban J connectivity index is 2.57. The molecule has 100 valence electrons. The Morgan fingerprint density at radius 1 is 1.24 bits per heavy atom. The lowest BCUT2D eigenvalue weighted by atomic mass is 9.71. The number of nitrogens with two attached hydrogens (primary N) is 1. The lowest BCUT2D eigenvalue weighted by Crippen LogP contribution is -2.40. The third-order valence-corrected chi connectivity index (χ3v) is 4.10. The standard InChI is InChI=1S/C14H28N2O/c1-3-10-16(4-2)13(17)11-14(12-15)8-6-5-7-9-14/h3-12,15H2,1-2H3. The van der Waals surface area contributed by atoms with Crippen LogP contribution >= 0.6 is 0 Å². The molecule has 0 bridgehead atoms. The number of carbonyl (C=O) groups is 1. The highest BCUT2D eigenvalue weighted by Crippen LogP contribution is 2.38. The second-order valence-electron chi connectivity index (χ2n) is 5.41. The molecule has 0 aliphatic heterocycles. The van der Waals surface area contributed by atoms with Crippen LogP contribution in [0, 0.1) is 5.41 Å². The van der Waals surface area contributed by atoms with Gasteiger partial charge in [-0.25, -0.2) is 0 Å². The second kappa shape index (κ2) is 7.00. The third kappa shape index (κ3) is 3.98. The van der Waals surface area contributed by atoms with Gasteiger partial charge >= 0.3 is 0 Å². The van der Waals surface area contributed by atoms with Crippen molar-refractivity contribution < 1.29 is 4.79 Å². The van der Waals surface area contributed by atoms with Gasteiger partial charge in [-0.15, -0.1) is 0 Å². The van der Waals surface area contributed by atoms with Crippen molar-refractivity contribution in [3.05, 3.63) is 0 Å². The van der Waals surface area contributed by atoms with Gasteiger partial charge in [0.25, 0.3) is 0 Å². The molecular weight excluding hydrogens is 212 g/mol. The minimum atomic E-state index is 0.108. The summed E-state index contributed by atoms with van der Waals surface area (Å²) in [6.07, 6.45) is 7.77. The number of amides is 1. The molecule has 1 saturated carbocycles. The van der Waals surface area contributed by atoms with E-state index in [0.29, 0.717) is 18.9 Å². The molecule has 1 aliphatic carbocycles. The first kappa shape index (κ1) is 14.5. The highest BCUT2D eigenvalue weighted by molar-refractivity contribution is 5.77. The maximum Gasteiger partial charge on any atom is 0.223 e. The van der Waals surface area contributed by atoms with Crippen molar-refractivity contribution in [3.8, 4) is 0 Å². The first-order chi connectivity index (χ1) is 8.17. The predicted molar refractivity (Wildman–Crippen MR) is 71.7 cm³/mol. The van der Waals surface area contributed by atoms with Gasteiger partial charge in [0.2, 0.25) is 5.91 Å². The summed E-state index contributed by atoms with van der Waals surface area (Å²) < 4.78 is 0. The van der Waals surface area contributed by atoms with Gasteiger partial charge in [-0.3, -0.25) is 4.79 Å². The van der Waals surface area contributed by atoms with Gasteiger partial charge in [0.1, 0.15) is 0 Å². The van der Waals surface area contributed by atoms with E-state index in [-0.39, 0.29) is 5.41 Å². The summed E-state index contributed by atoms with van der Waals surface area (Å²) in [5, 5.41) is 0. The Morgan fingerprint density at radius 2 is 1.88 bits per heavy atom. The van der Waals surface area contributed by atoms with Crippen LogP contribution in [0.15, 0.2) is 0 Å². The van der Waals surface area contributed by atoms with Gasteiger partial charge in [-0.05, 0) is 38.1 Å². The number of carbonyl (C=O) groups excluding carboxylic acids is 1. The molecule has 0 aromatic carbocycles. The van der Waals surface area contributed by atoms with Crippen molar-refractivity contribution in [2.75, 3.05) is 19.6 Å². The average molecular weight is 240 g/mol. The topological polar surface area (TPSA) is 46.3 Å². The molecule has 1 aliphatic rings. The van der Waals surface area contributed by atoms with Gasteiger partial charge in [-0.2, -0.15) is 0 Å². The fourth-order valence-electron chi connectivity index (χ4n) is 2.92. The summed E-state index contributed by atoms with van der Waals surface area (Å²) in [6, 6.07) is 0. The number of nitrogens with zero attached hydrogens (tertiary/aromatic N) is 1. The van der Waals surface area contributed by atoms with Crippen LogP contribution in [0.25, 0.3) is 0 Å². The largest absolute Gasteiger partial charge is 0.343 e. The summed E-state index contributed by atoms with van der Waals surface area (Å²) in [7, 11) is 0. The molecule has 2 N–H and O–H groups in total. The van der Waals surface area contributed by atoms with E-state index in [1.165, 1.54) is 19.3 Å². The summed E-state index contributed by atoms with van der Waals surface area (Å²) in [5.74, 6) is 0.307. The molecule has 1 amide bonds. The van der Waals surface area contributed by atoms with Gasteiger partial charge < -0.3 is 10.6 Å². The van der Waals surface area contributed by atoms with Crippen LogP contribution in [0.3, 0.4) is 0 Å². The van der Waals surface area contributed by atoms with E-state index < -0.39 is 0 Å². The molecule has 0 aromatic heterocycles. The van der Waals surface area contributed by atoms with Gasteiger partial charge in [-0.1, -0.05) is 26.2 Å². The van der Waals surface area contributed by atoms with Crippen LogP contribution in [0.2, 0.25) is 0 Å². The Hall–Kier alpha value is -0.570. The normalized spacial score (nSPS) is 19.0. The van der Waals surface area contributed by atoms with Crippen molar-refractivity contribution in [1.82, 2.24) is 4.90 Å². The lowest BCUT2D eigenvalue weighted by molar-refractivity contribution is -0.134. The van der Waals surface area contributed by atoms with E-state index >= 15 is 0 Å². The van der Waals surface area contributed by atoms with E-state index in [1.807, 2.05) is 4.90 Å². The molecule has 17 heavy (non-hydrogen) atoms. The minimum Gasteiger partial charge on any atom is -0.343 e. The fraction of sp³-hybridized carbons (Fsp3) is 0.929. The molecule has 3 heteroatoms. The van der Waals surface area contributed by atoms with Crippen molar-refractivity contribution >= 4 is 5.91 Å². The van der Waals surface area contributed by atoms with Crippen molar-refractivity contribution in [1.29, 1.82) is 0 Å². The molecule has 0 spiro atoms. The first-order valence-electron chi connectivity index (χ1n) is 7.15. The minimum absolute atomic E-state index is 0.108. The Morgan fingerprint density at radius 3 is 2.35 bits per heavy atom. The van der Waals surface area contributed by atoms with Crippen molar-refractivity contribution in [2.45, 2.75) is 58.8 Å². The Kier molecular flexibility index (Phi) is 5.96. The third-order valence-electron chi connectivity index (χ3n) is 4.10. The van der Waals surface area contributed by atoms with E-state index in [9.17, 15) is 4.79 Å². The molecule has 0 radical (unpaired) electrons. The van der Waals surface area contributed by atoms with Crippen molar-refractivity contribution in [3.63, 3.8) is 0 Å². The molecule has 1 fully saturated rings. The lowest BCUT2D eigenvalue weighted by Gasteiger charge is -2.37. The zero-order chi connectivity index (χ0) is 12.7. The Labute approximate surface area is 106 Å². The Bertz CT molecular complexity index is 234. The maximum atomic E-state index is 12.3. The van der Waals surface area contributed by atoms with Gasteiger partial charge in [0, 0.05) is 19.5 Å². The summed E-state index contributed by atoms with van der Waals surface area (Å²) in [5.41, 5.74) is 6.04. The van der Waals surface area contributed by atoms with Crippen LogP contribution < -0.4 is 5.73 Å². The zero-order valence-electron chi connectivity index (χ0n) is 11.5. The molecule has 0 aromatic rings. The maximum absolute atomic E-state index is 12.3. The van der Waals surface area contributed by atoms with Crippen LogP contribution in [-0.4, -0.2) is 30.4 Å². The molecule has 0 atom stereocenters. The molecule has 3 nitrogen and oxygen atoms in total. The van der Waals surface area contributed by atoms with E-state index in [1.54, 1.807) is 0 Å². The summed E-state index contributed by atoms with van der Waals surface area (Å²) in [4.78, 5) is 14.2. The fourth-order valence-corrected chi connectivity index (χ4v) is 2.92. The van der Waals surface area contributed by atoms with E-state index in [4.69, 9.17) is 5.73 Å². The smallest absolute Gasteiger partial charge is 0.223 e. The van der Waals surface area contributed by atoms with E-state index in [0.717, 1.165) is 32.4 Å². The summed E-state index contributed by atoms with van der Waals surface area (Å²) in [6.45, 7) is 6.56. The average Bonchev–Trinajstić information content (AvgIpc) is 2.36. The number of rotatable bonds is 6. The molecule has 0 unspecified atom stereocenters. The van der Waals surface area contributed by atoms with Crippen LogP contribution in [0.4, 0.5) is 0 Å². The van der Waals surface area contributed by atoms with Crippen LogP contribution in [0.5, 0.6) is 0 Å². The monoisotopic (exact) mass is 240 g/mol. The van der Waals surface area contributed by atoms with Crippen LogP contribution in [0.1, 0.15) is 58.8 Å². The zero-order valence-corrected chi connectivity index (χ0v) is 11.5. The summed E-state index contributed by atoms with van der Waals surface area (Å²) >= 11 is 0. The quantitative estimate of drug-likeness (QED) is 0.775. The molecule has 1 rings (SSSR count). The molecule has 0 saturated heterocycles. The van der Waals surface area contributed by atoms with Crippen LogP contribution in [-0.2, 0) is 4.79 Å². The molecule has 0 heterocycles. The van der Waals surface area contributed by atoms with E-state index in [2.05, 4.69) is 13.8 Å². The van der Waals surface area contributed by atoms with Crippen molar-refractivity contribution in [2.24, 2.45) is 11.1 Å². The number of hydrogen-bond acceptors (Lipinski definition) is 2. The number of hydrogen-bond donors (Lipinski definition) is 1. The predicted octanol–water partition coefficient (Wildman–Crippen LogP) is 2.54. The SMILES string of the molecule is CCCN(CC)C(=O)CC1(CN)CCCCC1. The van der Waals surface area contributed by atoms with Gasteiger partial charge in [0.05, 0.1) is 0 Å². The van der Waals surface area contributed by atoms with Gasteiger partial charge in [0.15, 0.2) is 0 Å². The molecular formula is C14H28N2O. The highest BCUT2D eigenvalue weighted by atomic mass is 16.2. The first-order valence-corrected chi connectivity index (χ1v) is 7.15.